The molecule has 114 valence electrons. The van der Waals surface area contributed by atoms with Crippen molar-refractivity contribution in [1.82, 2.24) is 3.56 Å². The van der Waals surface area contributed by atoms with Crippen molar-refractivity contribution in [1.29, 1.82) is 0 Å². The van der Waals surface area contributed by atoms with Gasteiger partial charge in [0.2, 0.25) is 0 Å². The summed E-state index contributed by atoms with van der Waals surface area (Å²) in [6, 6.07) is 7.11. The van der Waals surface area contributed by atoms with Crippen LogP contribution in [0.3, 0.4) is 0 Å². The third-order valence-electron chi connectivity index (χ3n) is 3.61. The van der Waals surface area contributed by atoms with E-state index in [1.807, 2.05) is 12.1 Å². The molecular weight excluding hydrogens is 345 g/mol. The third kappa shape index (κ3) is 2.39. The molecule has 2 unspecified atom stereocenters. The monoisotopic (exact) mass is 361 g/mol. The van der Waals surface area contributed by atoms with Gasteiger partial charge in [-0.2, -0.15) is 0 Å². The molecule has 1 aromatic heterocycles. The van der Waals surface area contributed by atoms with Crippen molar-refractivity contribution in [3.05, 3.63) is 34.6 Å². The number of aliphatic hydroxyl groups is 4. The van der Waals surface area contributed by atoms with Gasteiger partial charge in [0.15, 0.2) is 0 Å². The average Bonchev–Trinajstić information content (AvgIpc) is 2.83. The summed E-state index contributed by atoms with van der Waals surface area (Å²) < 4.78 is 7.66. The van der Waals surface area contributed by atoms with E-state index in [-0.39, 0.29) is 20.3 Å². The second-order valence-electron chi connectivity index (χ2n) is 4.94. The molecule has 3 rings (SSSR count). The average molecular weight is 360 g/mol. The molecule has 1 aromatic carbocycles. The first-order valence-electron chi connectivity index (χ1n) is 6.45. The van der Waals surface area contributed by atoms with Gasteiger partial charge in [-0.1, -0.05) is 0 Å². The first-order chi connectivity index (χ1) is 10.0. The van der Waals surface area contributed by atoms with Crippen LogP contribution >= 0.6 is 0 Å². The van der Waals surface area contributed by atoms with Gasteiger partial charge in [-0.25, -0.2) is 0 Å². The minimum atomic E-state index is -1.48. The van der Waals surface area contributed by atoms with E-state index in [2.05, 4.69) is 0 Å². The van der Waals surface area contributed by atoms with E-state index < -0.39 is 37.3 Å². The van der Waals surface area contributed by atoms with Crippen molar-refractivity contribution in [2.45, 2.75) is 30.6 Å². The fourth-order valence-corrected chi connectivity index (χ4v) is 4.67. The van der Waals surface area contributed by atoms with Crippen molar-refractivity contribution >= 4 is 24.4 Å². The zero-order chi connectivity index (χ0) is 15.1. The van der Waals surface area contributed by atoms with E-state index in [9.17, 15) is 25.2 Å². The standard InChI is InChI=1S/C13H15NO6Se/c15-5-7-9(16)10(17)11(18)13(20-7)14-12(19)6-3-1-2-4-8(6)21-14/h1-4,7,9-11,13,15-18H,5H2/t7?,9-,10-,11?,13+/m0/s1. The molecule has 0 amide bonds. The van der Waals surface area contributed by atoms with Gasteiger partial charge in [0.05, 0.1) is 0 Å². The van der Waals surface area contributed by atoms with Crippen molar-refractivity contribution in [2.75, 3.05) is 6.61 Å². The minimum absolute atomic E-state index is 0.282. The fraction of sp³-hybridized carbons (Fsp3) is 0.462. The number of fused-ring (bicyclic) bond motifs is 1. The number of aromatic nitrogens is 1. The van der Waals surface area contributed by atoms with E-state index in [4.69, 9.17) is 4.74 Å². The van der Waals surface area contributed by atoms with Crippen LogP contribution in [-0.4, -0.2) is 69.7 Å². The molecule has 4 N–H and O–H groups in total. The van der Waals surface area contributed by atoms with Crippen LogP contribution in [0, 0.1) is 0 Å². The van der Waals surface area contributed by atoms with Crippen LogP contribution in [0.25, 0.3) is 9.65 Å². The predicted molar refractivity (Wildman–Crippen MR) is 74.2 cm³/mol. The number of rotatable bonds is 2. The van der Waals surface area contributed by atoms with Gasteiger partial charge in [-0.15, -0.1) is 0 Å². The van der Waals surface area contributed by atoms with E-state index in [0.29, 0.717) is 5.39 Å². The van der Waals surface area contributed by atoms with E-state index in [1.54, 1.807) is 12.1 Å². The Morgan fingerprint density at radius 1 is 1.14 bits per heavy atom. The second kappa shape index (κ2) is 5.66. The Balaban J connectivity index is 2.05. The molecule has 0 radical (unpaired) electrons. The van der Waals surface area contributed by atoms with E-state index in [1.165, 1.54) is 3.56 Å². The summed E-state index contributed by atoms with van der Waals surface area (Å²) in [5.41, 5.74) is -0.282. The Morgan fingerprint density at radius 3 is 2.52 bits per heavy atom. The third-order valence-corrected chi connectivity index (χ3v) is 5.97. The van der Waals surface area contributed by atoms with Crippen LogP contribution in [0.15, 0.2) is 29.1 Å². The van der Waals surface area contributed by atoms with Crippen LogP contribution in [0.4, 0.5) is 0 Å². The van der Waals surface area contributed by atoms with Crippen LogP contribution in [-0.2, 0) is 4.74 Å². The maximum absolute atomic E-state index is 12.4. The van der Waals surface area contributed by atoms with E-state index >= 15 is 0 Å². The summed E-state index contributed by atoms with van der Waals surface area (Å²) in [4.78, 5) is 12.4. The number of hydrogen-bond donors (Lipinski definition) is 4. The van der Waals surface area contributed by atoms with Gasteiger partial charge < -0.3 is 0 Å². The quantitative estimate of drug-likeness (QED) is 0.463. The molecule has 1 fully saturated rings. The summed E-state index contributed by atoms with van der Waals surface area (Å²) in [5, 5.41) is 39.4. The van der Waals surface area contributed by atoms with Crippen molar-refractivity contribution in [3.63, 3.8) is 0 Å². The Bertz CT molecular complexity index is 695. The van der Waals surface area contributed by atoms with Crippen LogP contribution in [0.5, 0.6) is 0 Å². The molecular formula is C13H15NO6Se. The molecule has 0 spiro atoms. The number of ether oxygens (including phenoxy) is 1. The van der Waals surface area contributed by atoms with Crippen LogP contribution < -0.4 is 5.56 Å². The molecule has 0 saturated carbocycles. The summed E-state index contributed by atoms with van der Waals surface area (Å²) in [6.45, 7) is -0.510. The molecule has 2 aromatic rings. The molecule has 2 heterocycles. The van der Waals surface area contributed by atoms with Gasteiger partial charge in [-0.3, -0.25) is 0 Å². The van der Waals surface area contributed by atoms with Crippen molar-refractivity contribution < 1.29 is 25.2 Å². The Hall–Kier alpha value is -0.991. The molecule has 21 heavy (non-hydrogen) atoms. The molecule has 7 nitrogen and oxygen atoms in total. The number of benzene rings is 1. The fourth-order valence-electron chi connectivity index (χ4n) is 2.43. The Kier molecular flexibility index (Phi) is 4.02. The zero-order valence-electron chi connectivity index (χ0n) is 10.9. The Morgan fingerprint density at radius 2 is 1.86 bits per heavy atom. The van der Waals surface area contributed by atoms with Gasteiger partial charge in [0.25, 0.3) is 0 Å². The second-order valence-corrected chi connectivity index (χ2v) is 7.07. The van der Waals surface area contributed by atoms with Crippen molar-refractivity contribution in [2.24, 2.45) is 0 Å². The number of nitrogens with zero attached hydrogens (tertiary/aromatic N) is 1. The molecule has 8 heteroatoms. The molecule has 1 aliphatic rings. The van der Waals surface area contributed by atoms with Crippen molar-refractivity contribution in [3.8, 4) is 0 Å². The van der Waals surface area contributed by atoms with Gasteiger partial charge >= 0.3 is 125 Å². The Labute approximate surface area is 125 Å². The molecule has 0 aliphatic carbocycles. The summed E-state index contributed by atoms with van der Waals surface area (Å²) in [7, 11) is 0. The summed E-state index contributed by atoms with van der Waals surface area (Å²) in [5.74, 6) is 0. The predicted octanol–water partition coefficient (Wildman–Crippen LogP) is -1.97. The first-order valence-corrected chi connectivity index (χ1v) is 8.08. The number of hydrogen-bond acceptors (Lipinski definition) is 6. The molecule has 1 aliphatic heterocycles. The summed E-state index contributed by atoms with van der Waals surface area (Å²) >= 11 is -0.388. The molecule has 0 bridgehead atoms. The topological polar surface area (TPSA) is 112 Å². The SMILES string of the molecule is O=c1c2ccccc2[se]n1[C@@H]1OC(CO)[C@H](O)[C@H](O)C1O. The molecule has 1 saturated heterocycles. The maximum atomic E-state index is 12.4. The summed E-state index contributed by atoms with van der Waals surface area (Å²) in [6.07, 6.45) is -6.42. The molecule has 5 atom stereocenters. The normalized spacial score (nSPS) is 33.4. The van der Waals surface area contributed by atoms with Gasteiger partial charge in [-0.05, 0) is 0 Å². The zero-order valence-corrected chi connectivity index (χ0v) is 12.6. The first kappa shape index (κ1) is 14.9. The van der Waals surface area contributed by atoms with E-state index in [0.717, 1.165) is 4.26 Å². The van der Waals surface area contributed by atoms with Gasteiger partial charge in [0.1, 0.15) is 0 Å². The van der Waals surface area contributed by atoms with Crippen LogP contribution in [0.2, 0.25) is 0 Å². The number of aliphatic hydroxyl groups excluding tert-OH is 4. The van der Waals surface area contributed by atoms with Gasteiger partial charge in [0, 0.05) is 0 Å². The van der Waals surface area contributed by atoms with Crippen LogP contribution in [0.1, 0.15) is 6.23 Å².